The van der Waals surface area contributed by atoms with Crippen molar-refractivity contribution in [2.45, 2.75) is 7.68 Å². The van der Waals surface area contributed by atoms with Crippen LogP contribution in [0.5, 0.6) is 0 Å². The molecule has 22 heteroatoms. The minimum absolute atomic E-state index is 0.406. The molecule has 0 unspecified atom stereocenters. The highest BCUT2D eigenvalue weighted by Gasteiger charge is 2.93. The zero-order valence-electron chi connectivity index (χ0n) is 11.1. The molecule has 0 atom stereocenters. The fourth-order valence-corrected chi connectivity index (χ4v) is 10.7. The lowest BCUT2D eigenvalue weighted by Crippen LogP contribution is -2.70. The zero-order valence-corrected chi connectivity index (χ0v) is 15.2. The standard InChI is InChI=1S/C4H3F5O12S5/c1-2-20-21-3(22(5,10)11,23(6,12)13)4(24(7,14)15,25(8,16)17)26(9,18)19/h2H,1H2. The van der Waals surface area contributed by atoms with Crippen LogP contribution in [-0.2, 0) is 60.9 Å². The highest BCUT2D eigenvalue weighted by Crippen LogP contribution is 2.53. The molecule has 0 saturated carbocycles. The largest absolute Gasteiger partial charge is 0.426 e. The number of rotatable bonds is 9. The molecule has 0 rings (SSSR count). The molecule has 0 aliphatic rings. The van der Waals surface area contributed by atoms with Crippen molar-refractivity contribution in [1.29, 1.82) is 0 Å². The number of hydrogen-bond acceptors (Lipinski definition) is 12. The lowest BCUT2D eigenvalue weighted by atomic mass is 10.8. The van der Waals surface area contributed by atoms with Crippen LogP contribution in [0.4, 0.5) is 19.4 Å². The molecular formula is C4H3F5O12S5. The molecule has 0 aliphatic carbocycles. The molecule has 0 N–H and O–H groups in total. The van der Waals surface area contributed by atoms with Gasteiger partial charge >= 0.3 is 58.8 Å². The summed E-state index contributed by atoms with van der Waals surface area (Å²) in [6, 6.07) is 0. The molecular weight excluding hydrogens is 495 g/mol. The van der Waals surface area contributed by atoms with E-state index in [-0.39, 0.29) is 0 Å². The van der Waals surface area contributed by atoms with Gasteiger partial charge in [0.25, 0.3) is 0 Å². The van der Waals surface area contributed by atoms with E-state index in [4.69, 9.17) is 0 Å². The fraction of sp³-hybridized carbons (Fsp3) is 0.500. The highest BCUT2D eigenvalue weighted by molar-refractivity contribution is 8.24. The Bertz CT molecular complexity index is 1000. The summed E-state index contributed by atoms with van der Waals surface area (Å²) in [6.45, 7) is 2.39. The van der Waals surface area contributed by atoms with Gasteiger partial charge in [-0.3, -0.25) is 0 Å². The Morgan fingerprint density at radius 3 is 1.04 bits per heavy atom. The lowest BCUT2D eigenvalue weighted by Gasteiger charge is -2.32. The van der Waals surface area contributed by atoms with Gasteiger partial charge in [-0.2, -0.15) is 42.1 Å². The van der Waals surface area contributed by atoms with Gasteiger partial charge < -0.3 is 4.89 Å². The molecule has 0 heterocycles. The Labute approximate surface area is 143 Å². The molecule has 0 aliphatic heterocycles. The predicted molar refractivity (Wildman–Crippen MR) is 68.0 cm³/mol. The average molecular weight is 498 g/mol. The third-order valence-corrected chi connectivity index (χ3v) is 12.6. The van der Waals surface area contributed by atoms with Crippen LogP contribution in [0.2, 0.25) is 0 Å². The van der Waals surface area contributed by atoms with Gasteiger partial charge in [-0.25, -0.2) is 0 Å². The van der Waals surface area contributed by atoms with Crippen molar-refractivity contribution < 1.29 is 71.3 Å². The summed E-state index contributed by atoms with van der Waals surface area (Å²) in [5.74, 6) is 0. The molecule has 0 aromatic heterocycles. The van der Waals surface area contributed by atoms with E-state index in [1.54, 1.807) is 0 Å². The SMILES string of the molecule is C=COOC(C(S(=O)(=O)F)(S(=O)(=O)F)S(=O)(=O)F)(S(=O)(=O)F)S(=O)(=O)F. The van der Waals surface area contributed by atoms with Crippen LogP contribution in [0.25, 0.3) is 0 Å². The maximum absolute atomic E-state index is 13.4. The van der Waals surface area contributed by atoms with Crippen LogP contribution in [0, 0.1) is 0 Å². The first-order chi connectivity index (χ1) is 11.1. The molecule has 0 aromatic rings. The van der Waals surface area contributed by atoms with Gasteiger partial charge in [0.15, 0.2) is 0 Å². The van der Waals surface area contributed by atoms with Gasteiger partial charge in [-0.05, 0) is 0 Å². The third kappa shape index (κ3) is 3.28. The van der Waals surface area contributed by atoms with E-state index in [2.05, 4.69) is 16.4 Å². The smallest absolute Gasteiger partial charge is 0.343 e. The summed E-state index contributed by atoms with van der Waals surface area (Å²) in [6.07, 6.45) is -0.406. The Morgan fingerprint density at radius 2 is 0.885 bits per heavy atom. The van der Waals surface area contributed by atoms with Gasteiger partial charge in [0, 0.05) is 0 Å². The van der Waals surface area contributed by atoms with Crippen molar-refractivity contribution in [3.63, 3.8) is 0 Å². The minimum Gasteiger partial charge on any atom is -0.343 e. The molecule has 0 amide bonds. The maximum atomic E-state index is 13.4. The van der Waals surface area contributed by atoms with E-state index in [9.17, 15) is 61.5 Å². The van der Waals surface area contributed by atoms with Crippen molar-refractivity contribution in [2.24, 2.45) is 0 Å². The second-order valence-corrected chi connectivity index (χ2v) is 12.0. The summed E-state index contributed by atoms with van der Waals surface area (Å²) in [5, 5.41) is 0. The molecule has 12 nitrogen and oxygen atoms in total. The summed E-state index contributed by atoms with van der Waals surface area (Å²) in [4.78, 5) is 5.83. The summed E-state index contributed by atoms with van der Waals surface area (Å²) in [7, 11) is -41.1. The molecule has 0 fully saturated rings. The van der Waals surface area contributed by atoms with Crippen LogP contribution in [0.1, 0.15) is 0 Å². The number of halogens is 5. The van der Waals surface area contributed by atoms with E-state index < -0.39 is 65.1 Å². The lowest BCUT2D eigenvalue weighted by molar-refractivity contribution is -0.275. The van der Waals surface area contributed by atoms with Crippen LogP contribution in [0.3, 0.4) is 0 Å². The zero-order chi connectivity index (χ0) is 21.6. The number of hydrogen-bond donors (Lipinski definition) is 0. The third-order valence-electron chi connectivity index (χ3n) is 2.21. The topological polar surface area (TPSA) is 189 Å². The molecule has 26 heavy (non-hydrogen) atoms. The molecule has 0 saturated heterocycles. The normalized spacial score (nSPS) is 15.4. The van der Waals surface area contributed by atoms with Crippen molar-refractivity contribution >= 4 is 51.1 Å². The highest BCUT2D eigenvalue weighted by atomic mass is 32.4. The van der Waals surface area contributed by atoms with Crippen molar-refractivity contribution in [1.82, 2.24) is 0 Å². The van der Waals surface area contributed by atoms with Crippen LogP contribution >= 0.6 is 0 Å². The van der Waals surface area contributed by atoms with Gasteiger partial charge in [-0.15, -0.1) is 24.3 Å². The van der Waals surface area contributed by atoms with E-state index in [1.165, 1.54) is 0 Å². The summed E-state index contributed by atoms with van der Waals surface area (Å²) in [5.41, 5.74) is 0. The quantitative estimate of drug-likeness (QED) is 0.123. The first-order valence-corrected chi connectivity index (χ1v) is 11.6. The van der Waals surface area contributed by atoms with Crippen molar-refractivity contribution in [3.8, 4) is 0 Å². The minimum atomic E-state index is -8.30. The first kappa shape index (κ1) is 24.9. The summed E-state index contributed by atoms with van der Waals surface area (Å²) >= 11 is 0. The van der Waals surface area contributed by atoms with Crippen LogP contribution in [0.15, 0.2) is 12.8 Å². The second kappa shape index (κ2) is 6.50. The van der Waals surface area contributed by atoms with Crippen LogP contribution in [-0.4, -0.2) is 49.8 Å². The van der Waals surface area contributed by atoms with E-state index >= 15 is 0 Å². The average Bonchev–Trinajstić information content (AvgIpc) is 2.25. The predicted octanol–water partition coefficient (Wildman–Crippen LogP) is -1.12. The summed E-state index contributed by atoms with van der Waals surface area (Å²) < 4.78 is 162. The fourth-order valence-electron chi connectivity index (χ4n) is 1.45. The van der Waals surface area contributed by atoms with Crippen molar-refractivity contribution in [3.05, 3.63) is 12.8 Å². The van der Waals surface area contributed by atoms with Gasteiger partial charge in [0.2, 0.25) is 0 Å². The maximum Gasteiger partial charge on any atom is 0.426 e. The first-order valence-electron chi connectivity index (χ1n) is 4.72. The van der Waals surface area contributed by atoms with Crippen LogP contribution < -0.4 is 0 Å². The molecule has 0 aromatic carbocycles. The Morgan fingerprint density at radius 1 is 0.615 bits per heavy atom. The van der Waals surface area contributed by atoms with Gasteiger partial charge in [-0.1, -0.05) is 6.58 Å². The van der Waals surface area contributed by atoms with E-state index in [1.807, 2.05) is 0 Å². The van der Waals surface area contributed by atoms with Gasteiger partial charge in [0.05, 0.1) is 0 Å². The second-order valence-electron chi connectivity index (χ2n) is 3.65. The van der Waals surface area contributed by atoms with E-state index in [0.717, 1.165) is 0 Å². The molecule has 156 valence electrons. The van der Waals surface area contributed by atoms with Gasteiger partial charge in [0.1, 0.15) is 6.26 Å². The Kier molecular flexibility index (Phi) is 6.23. The molecule has 0 spiro atoms. The monoisotopic (exact) mass is 498 g/mol. The molecule has 0 radical (unpaired) electrons. The Balaban J connectivity index is 8.52. The van der Waals surface area contributed by atoms with Crippen molar-refractivity contribution in [2.75, 3.05) is 0 Å². The Hall–Kier alpha value is -1.10. The molecule has 0 bridgehead atoms. The van der Waals surface area contributed by atoms with E-state index in [0.29, 0.717) is 0 Å².